The van der Waals surface area contributed by atoms with E-state index in [0.29, 0.717) is 15.7 Å². The van der Waals surface area contributed by atoms with Crippen molar-refractivity contribution in [1.82, 2.24) is 0 Å². The van der Waals surface area contributed by atoms with E-state index < -0.39 is 17.9 Å². The average Bonchev–Trinajstić information content (AvgIpc) is 2.61. The summed E-state index contributed by atoms with van der Waals surface area (Å²) < 4.78 is 5.81. The van der Waals surface area contributed by atoms with Crippen LogP contribution in [-0.2, 0) is 20.9 Å². The molecule has 0 saturated carbocycles. The molecule has 0 aliphatic rings. The zero-order valence-electron chi connectivity index (χ0n) is 13.2. The van der Waals surface area contributed by atoms with Crippen LogP contribution in [0.3, 0.4) is 0 Å². The highest BCUT2D eigenvalue weighted by Crippen LogP contribution is 2.21. The van der Waals surface area contributed by atoms with Crippen molar-refractivity contribution < 1.29 is 14.3 Å². The summed E-state index contributed by atoms with van der Waals surface area (Å²) in [5.41, 5.74) is 7.24. The number of benzene rings is 2. The van der Waals surface area contributed by atoms with E-state index in [-0.39, 0.29) is 13.0 Å². The van der Waals surface area contributed by atoms with Crippen LogP contribution in [0.15, 0.2) is 53.0 Å². The number of ether oxygens (including phenoxy) is 1. The van der Waals surface area contributed by atoms with Crippen molar-refractivity contribution in [3.8, 4) is 6.07 Å². The smallest absolute Gasteiger partial charge is 0.308 e. The number of anilines is 1. The highest BCUT2D eigenvalue weighted by molar-refractivity contribution is 9.10. The Hall–Kier alpha value is -2.69. The van der Waals surface area contributed by atoms with Gasteiger partial charge in [-0.25, -0.2) is 0 Å². The molecule has 0 saturated heterocycles. The standard InChI is InChI=1S/C18H16BrN3O3/c19-14-7-6-13(10-20)16(8-14)22-18(24)15(21)9-17(23)25-11-12-4-2-1-3-5-12/h1-8,15H,9,11,21H2,(H,22,24)/t15-/m0/s1. The highest BCUT2D eigenvalue weighted by atomic mass is 79.9. The molecule has 25 heavy (non-hydrogen) atoms. The van der Waals surface area contributed by atoms with E-state index >= 15 is 0 Å². The number of nitrogens with zero attached hydrogens (tertiary/aromatic N) is 1. The van der Waals surface area contributed by atoms with Gasteiger partial charge in [-0.2, -0.15) is 5.26 Å². The zero-order chi connectivity index (χ0) is 18.2. The van der Waals surface area contributed by atoms with Gasteiger partial charge in [-0.05, 0) is 23.8 Å². The number of hydrogen-bond acceptors (Lipinski definition) is 5. The Morgan fingerprint density at radius 2 is 1.96 bits per heavy atom. The van der Waals surface area contributed by atoms with Crippen LogP contribution in [0.2, 0.25) is 0 Å². The number of nitrogens with one attached hydrogen (secondary N) is 1. The highest BCUT2D eigenvalue weighted by Gasteiger charge is 2.19. The van der Waals surface area contributed by atoms with Crippen LogP contribution in [0.1, 0.15) is 17.5 Å². The number of carbonyl (C=O) groups excluding carboxylic acids is 2. The van der Waals surface area contributed by atoms with Crippen LogP contribution in [0.25, 0.3) is 0 Å². The SMILES string of the molecule is N#Cc1ccc(Br)cc1NC(=O)[C@@H](N)CC(=O)OCc1ccccc1. The van der Waals surface area contributed by atoms with E-state index in [1.165, 1.54) is 0 Å². The van der Waals surface area contributed by atoms with Crippen LogP contribution >= 0.6 is 15.9 Å². The summed E-state index contributed by atoms with van der Waals surface area (Å²) in [6, 6.07) is 15.0. The minimum absolute atomic E-state index is 0.123. The molecule has 1 amide bonds. The Labute approximate surface area is 153 Å². The summed E-state index contributed by atoms with van der Waals surface area (Å²) in [5, 5.41) is 11.6. The van der Waals surface area contributed by atoms with Crippen molar-refractivity contribution in [3.63, 3.8) is 0 Å². The quantitative estimate of drug-likeness (QED) is 0.723. The maximum atomic E-state index is 12.1. The lowest BCUT2D eigenvalue weighted by Gasteiger charge is -2.13. The molecule has 7 heteroatoms. The molecule has 0 bridgehead atoms. The number of rotatable bonds is 6. The van der Waals surface area contributed by atoms with Gasteiger partial charge in [0.2, 0.25) is 5.91 Å². The Balaban J connectivity index is 1.89. The number of hydrogen-bond donors (Lipinski definition) is 2. The lowest BCUT2D eigenvalue weighted by atomic mass is 10.1. The molecule has 128 valence electrons. The van der Waals surface area contributed by atoms with Crippen LogP contribution in [-0.4, -0.2) is 17.9 Å². The molecular formula is C18H16BrN3O3. The van der Waals surface area contributed by atoms with Crippen molar-refractivity contribution >= 4 is 33.5 Å². The molecule has 0 radical (unpaired) electrons. The summed E-state index contributed by atoms with van der Waals surface area (Å²) >= 11 is 3.27. The van der Waals surface area contributed by atoms with Crippen LogP contribution < -0.4 is 11.1 Å². The van der Waals surface area contributed by atoms with E-state index in [2.05, 4.69) is 21.2 Å². The normalized spacial score (nSPS) is 11.2. The van der Waals surface area contributed by atoms with E-state index in [4.69, 9.17) is 15.7 Å². The summed E-state index contributed by atoms with van der Waals surface area (Å²) in [6.07, 6.45) is -0.255. The first-order valence-electron chi connectivity index (χ1n) is 7.45. The maximum Gasteiger partial charge on any atom is 0.308 e. The van der Waals surface area contributed by atoms with Crippen molar-refractivity contribution in [2.24, 2.45) is 5.73 Å². The molecule has 1 atom stereocenters. The number of amides is 1. The zero-order valence-corrected chi connectivity index (χ0v) is 14.8. The monoisotopic (exact) mass is 401 g/mol. The summed E-state index contributed by atoms with van der Waals surface area (Å²) in [5.74, 6) is -1.13. The summed E-state index contributed by atoms with van der Waals surface area (Å²) in [7, 11) is 0. The number of halogens is 1. The molecule has 2 aromatic rings. The molecule has 0 aliphatic carbocycles. The van der Waals surface area contributed by atoms with Crippen LogP contribution in [0.4, 0.5) is 5.69 Å². The molecule has 3 N–H and O–H groups in total. The topological polar surface area (TPSA) is 105 Å². The van der Waals surface area contributed by atoms with Crippen molar-refractivity contribution in [1.29, 1.82) is 5.26 Å². The first-order valence-corrected chi connectivity index (χ1v) is 8.24. The van der Waals surface area contributed by atoms with E-state index in [9.17, 15) is 9.59 Å². The molecule has 0 fully saturated rings. The third kappa shape index (κ3) is 5.71. The number of carbonyl (C=O) groups is 2. The Kier molecular flexibility index (Phi) is 6.69. The minimum atomic E-state index is -1.08. The lowest BCUT2D eigenvalue weighted by molar-refractivity contribution is -0.146. The fraction of sp³-hybridized carbons (Fsp3) is 0.167. The van der Waals surface area contributed by atoms with Crippen LogP contribution in [0.5, 0.6) is 0 Å². The molecule has 0 unspecified atom stereocenters. The number of nitrogens with two attached hydrogens (primary N) is 1. The maximum absolute atomic E-state index is 12.1. The predicted octanol–water partition coefficient (Wildman–Crippen LogP) is 2.72. The van der Waals surface area contributed by atoms with Gasteiger partial charge in [-0.1, -0.05) is 46.3 Å². The van der Waals surface area contributed by atoms with Gasteiger partial charge in [0.1, 0.15) is 12.7 Å². The Morgan fingerprint density at radius 3 is 2.64 bits per heavy atom. The lowest BCUT2D eigenvalue weighted by Crippen LogP contribution is -2.38. The molecule has 0 spiro atoms. The molecule has 0 heterocycles. The van der Waals surface area contributed by atoms with Crippen molar-refractivity contribution in [2.45, 2.75) is 19.1 Å². The number of esters is 1. The van der Waals surface area contributed by atoms with Gasteiger partial charge in [0.15, 0.2) is 0 Å². The second kappa shape index (κ2) is 8.97. The molecule has 0 aromatic heterocycles. The minimum Gasteiger partial charge on any atom is -0.461 e. The molecule has 6 nitrogen and oxygen atoms in total. The molecular weight excluding hydrogens is 386 g/mol. The van der Waals surface area contributed by atoms with Gasteiger partial charge < -0.3 is 15.8 Å². The van der Waals surface area contributed by atoms with E-state index in [0.717, 1.165) is 5.56 Å². The third-order valence-corrected chi connectivity index (χ3v) is 3.82. The third-order valence-electron chi connectivity index (χ3n) is 3.33. The molecule has 0 aliphatic heterocycles. The average molecular weight is 402 g/mol. The second-order valence-electron chi connectivity index (χ2n) is 5.25. The van der Waals surface area contributed by atoms with Crippen molar-refractivity contribution in [3.05, 3.63) is 64.1 Å². The Bertz CT molecular complexity index is 803. The van der Waals surface area contributed by atoms with Gasteiger partial charge in [0, 0.05) is 4.47 Å². The van der Waals surface area contributed by atoms with Gasteiger partial charge in [0.05, 0.1) is 23.7 Å². The fourth-order valence-corrected chi connectivity index (χ4v) is 2.37. The predicted molar refractivity (Wildman–Crippen MR) is 96.3 cm³/mol. The van der Waals surface area contributed by atoms with Gasteiger partial charge in [-0.15, -0.1) is 0 Å². The van der Waals surface area contributed by atoms with Crippen LogP contribution in [0, 0.1) is 11.3 Å². The Morgan fingerprint density at radius 1 is 1.24 bits per heavy atom. The fourth-order valence-electron chi connectivity index (χ4n) is 2.01. The number of nitriles is 1. The van der Waals surface area contributed by atoms with E-state index in [1.807, 2.05) is 36.4 Å². The summed E-state index contributed by atoms with van der Waals surface area (Å²) in [4.78, 5) is 24.0. The van der Waals surface area contributed by atoms with E-state index in [1.54, 1.807) is 18.2 Å². The van der Waals surface area contributed by atoms with Gasteiger partial charge >= 0.3 is 5.97 Å². The second-order valence-corrected chi connectivity index (χ2v) is 6.16. The first-order chi connectivity index (χ1) is 12.0. The largest absolute Gasteiger partial charge is 0.461 e. The molecule has 2 aromatic carbocycles. The summed E-state index contributed by atoms with van der Waals surface area (Å²) in [6.45, 7) is 0.123. The molecule has 2 rings (SSSR count). The van der Waals surface area contributed by atoms with Gasteiger partial charge in [-0.3, -0.25) is 9.59 Å². The first kappa shape index (κ1) is 18.6. The van der Waals surface area contributed by atoms with Gasteiger partial charge in [0.25, 0.3) is 0 Å². The van der Waals surface area contributed by atoms with Crippen molar-refractivity contribution in [2.75, 3.05) is 5.32 Å².